The number of aryl methyl sites for hydroxylation is 1. The summed E-state index contributed by atoms with van der Waals surface area (Å²) >= 11 is 0. The molecule has 2 aromatic heterocycles. The first-order valence-corrected chi connectivity index (χ1v) is 11.6. The summed E-state index contributed by atoms with van der Waals surface area (Å²) in [5.41, 5.74) is 3.79. The van der Waals surface area contributed by atoms with Gasteiger partial charge in [-0.2, -0.15) is 0 Å². The number of carbonyl (C=O) groups is 1. The zero-order valence-electron chi connectivity index (χ0n) is 20.7. The molecule has 3 heterocycles. The summed E-state index contributed by atoms with van der Waals surface area (Å²) in [5.74, 6) is 1.48. The first kappa shape index (κ1) is 25.9. The molecule has 1 aliphatic rings. The highest BCUT2D eigenvalue weighted by Gasteiger charge is 2.23. The van der Waals surface area contributed by atoms with E-state index in [4.69, 9.17) is 24.9 Å². The van der Waals surface area contributed by atoms with Crippen molar-refractivity contribution in [2.24, 2.45) is 17.0 Å². The van der Waals surface area contributed by atoms with Crippen LogP contribution in [0.15, 0.2) is 46.0 Å². The average Bonchev–Trinajstić information content (AvgIpc) is 3.22. The molecule has 194 valence electrons. The molecule has 37 heavy (non-hydrogen) atoms. The van der Waals surface area contributed by atoms with Crippen molar-refractivity contribution in [2.45, 2.75) is 6.54 Å². The molecule has 0 spiro atoms. The molecule has 4 rings (SSSR count). The molecule has 0 unspecified atom stereocenters. The van der Waals surface area contributed by atoms with Crippen molar-refractivity contribution in [1.29, 1.82) is 0 Å². The summed E-state index contributed by atoms with van der Waals surface area (Å²) in [6.07, 6.45) is 2.52. The van der Waals surface area contributed by atoms with Crippen LogP contribution in [0.2, 0.25) is 0 Å². The third-order valence-corrected chi connectivity index (χ3v) is 5.79. The quantitative estimate of drug-likeness (QED) is 0.167. The lowest BCUT2D eigenvalue weighted by molar-refractivity contribution is -0.124. The number of hydroxylamine groups is 1. The molecule has 0 radical (unpaired) electrons. The molecule has 0 atom stereocenters. The van der Waals surface area contributed by atoms with Gasteiger partial charge in [0.05, 0.1) is 32.0 Å². The minimum Gasteiger partial charge on any atom is -0.508 e. The Morgan fingerprint density at radius 1 is 1.24 bits per heavy atom. The number of benzene rings is 1. The Balaban J connectivity index is 1.63. The number of aromatic nitrogens is 4. The van der Waals surface area contributed by atoms with E-state index in [2.05, 4.69) is 21.6 Å². The van der Waals surface area contributed by atoms with Crippen LogP contribution in [0.3, 0.4) is 0 Å². The molecule has 3 aromatic rings. The van der Waals surface area contributed by atoms with E-state index in [9.17, 15) is 9.90 Å². The van der Waals surface area contributed by atoms with Gasteiger partial charge in [-0.05, 0) is 38.0 Å². The van der Waals surface area contributed by atoms with E-state index in [0.717, 1.165) is 17.2 Å². The number of carbonyl (C=O) groups excluding carboxylic acids is 1. The monoisotopic (exact) mass is 507 g/mol. The Morgan fingerprint density at radius 2 is 1.97 bits per heavy atom. The molecule has 13 heteroatoms. The van der Waals surface area contributed by atoms with E-state index in [0.29, 0.717) is 49.8 Å². The van der Waals surface area contributed by atoms with Crippen molar-refractivity contribution in [3.05, 3.63) is 41.9 Å². The molecule has 0 bridgehead atoms. The first-order valence-electron chi connectivity index (χ1n) is 11.6. The van der Waals surface area contributed by atoms with Crippen LogP contribution in [0.1, 0.15) is 5.82 Å². The molecule has 1 aromatic carbocycles. The summed E-state index contributed by atoms with van der Waals surface area (Å²) in [7, 11) is 3.77. The number of anilines is 1. The second-order valence-corrected chi connectivity index (χ2v) is 8.45. The standard InChI is InChI=1S/C24H29N9O4/c1-25-12-17(24(35)30-36)13-26-15-31(2)14-19-27-20-22(32(19)3)28-21(16-4-6-18(34)7-5-16)29-23(20)33-8-10-37-11-9-33/h4-7,12-13,34,36H,1,8-11,14-15H2,2-3H3,(H,30,35)/b17-12+,26-13?. The van der Waals surface area contributed by atoms with E-state index in [1.54, 1.807) is 29.7 Å². The summed E-state index contributed by atoms with van der Waals surface area (Å²) < 4.78 is 7.45. The summed E-state index contributed by atoms with van der Waals surface area (Å²) in [4.78, 5) is 38.1. The van der Waals surface area contributed by atoms with Gasteiger partial charge in [0.25, 0.3) is 5.91 Å². The predicted molar refractivity (Wildman–Crippen MR) is 139 cm³/mol. The van der Waals surface area contributed by atoms with Crippen LogP contribution in [0, 0.1) is 0 Å². The maximum atomic E-state index is 11.6. The fourth-order valence-corrected chi connectivity index (χ4v) is 3.85. The Morgan fingerprint density at radius 3 is 2.65 bits per heavy atom. The van der Waals surface area contributed by atoms with Gasteiger partial charge in [-0.1, -0.05) is 0 Å². The zero-order chi connectivity index (χ0) is 26.4. The number of ether oxygens (including phenoxy) is 1. The molecule has 1 aliphatic heterocycles. The zero-order valence-corrected chi connectivity index (χ0v) is 20.7. The van der Waals surface area contributed by atoms with Crippen LogP contribution in [0.4, 0.5) is 5.82 Å². The molecular weight excluding hydrogens is 478 g/mol. The van der Waals surface area contributed by atoms with Gasteiger partial charge < -0.3 is 19.3 Å². The number of hydrogen-bond donors (Lipinski definition) is 3. The number of aromatic hydroxyl groups is 1. The average molecular weight is 508 g/mol. The Labute approximate surface area is 213 Å². The van der Waals surface area contributed by atoms with Gasteiger partial charge in [-0.3, -0.25) is 24.9 Å². The highest BCUT2D eigenvalue weighted by atomic mass is 16.5. The van der Waals surface area contributed by atoms with Crippen LogP contribution in [0.5, 0.6) is 5.75 Å². The van der Waals surface area contributed by atoms with Crippen molar-refractivity contribution in [2.75, 3.05) is 44.9 Å². The number of morpholine rings is 1. The van der Waals surface area contributed by atoms with E-state index in [1.165, 1.54) is 12.4 Å². The molecular formula is C24H29N9O4. The van der Waals surface area contributed by atoms with Crippen LogP contribution in [-0.4, -0.2) is 93.6 Å². The number of imidazole rings is 1. The number of nitrogens with one attached hydrogen (secondary N) is 1. The highest BCUT2D eigenvalue weighted by molar-refractivity contribution is 6.11. The second-order valence-electron chi connectivity index (χ2n) is 8.45. The Kier molecular flexibility index (Phi) is 8.18. The summed E-state index contributed by atoms with van der Waals surface area (Å²) in [6.45, 7) is 6.62. The van der Waals surface area contributed by atoms with Gasteiger partial charge >= 0.3 is 0 Å². The number of phenols is 1. The lowest BCUT2D eigenvalue weighted by atomic mass is 10.2. The highest BCUT2D eigenvalue weighted by Crippen LogP contribution is 2.29. The van der Waals surface area contributed by atoms with Gasteiger partial charge in [-0.15, -0.1) is 0 Å². The number of amides is 1. The predicted octanol–water partition coefficient (Wildman–Crippen LogP) is 1.12. The third kappa shape index (κ3) is 5.97. The number of fused-ring (bicyclic) bond motifs is 1. The molecule has 13 nitrogen and oxygen atoms in total. The lowest BCUT2D eigenvalue weighted by Gasteiger charge is -2.28. The smallest absolute Gasteiger partial charge is 0.277 e. The molecule has 1 fully saturated rings. The van der Waals surface area contributed by atoms with Crippen molar-refractivity contribution >= 4 is 35.8 Å². The van der Waals surface area contributed by atoms with E-state index in [1.807, 2.05) is 23.6 Å². The SMILES string of the molecule is C=N/C=C(\C=NCN(C)Cc1nc2c(N3CCOCC3)nc(-c3ccc(O)cc3)nc2n1C)C(=O)NO. The van der Waals surface area contributed by atoms with Gasteiger partial charge in [0, 0.05) is 38.1 Å². The van der Waals surface area contributed by atoms with Gasteiger partial charge in [0.15, 0.2) is 22.8 Å². The topological polar surface area (TPSA) is 154 Å². The van der Waals surface area contributed by atoms with Crippen molar-refractivity contribution in [3.8, 4) is 17.1 Å². The second kappa shape index (κ2) is 11.7. The maximum absolute atomic E-state index is 11.6. The fourth-order valence-electron chi connectivity index (χ4n) is 3.85. The van der Waals surface area contributed by atoms with E-state index >= 15 is 0 Å². The van der Waals surface area contributed by atoms with Crippen molar-refractivity contribution in [3.63, 3.8) is 0 Å². The largest absolute Gasteiger partial charge is 0.508 e. The molecule has 0 aliphatic carbocycles. The Bertz CT molecular complexity index is 1330. The number of hydrogen-bond acceptors (Lipinski definition) is 11. The number of nitrogens with zero attached hydrogens (tertiary/aromatic N) is 8. The van der Waals surface area contributed by atoms with Crippen molar-refractivity contribution < 1.29 is 19.8 Å². The summed E-state index contributed by atoms with van der Waals surface area (Å²) in [6, 6.07) is 6.78. The van der Waals surface area contributed by atoms with Crippen molar-refractivity contribution in [1.82, 2.24) is 29.9 Å². The van der Waals surface area contributed by atoms with Crippen LogP contribution >= 0.6 is 0 Å². The number of aliphatic imine (C=N–C) groups is 2. The van der Waals surface area contributed by atoms with Crippen LogP contribution < -0.4 is 10.4 Å². The van der Waals surface area contributed by atoms with Gasteiger partial charge in [0.1, 0.15) is 11.6 Å². The third-order valence-electron chi connectivity index (χ3n) is 5.79. The molecule has 0 saturated carbocycles. The lowest BCUT2D eigenvalue weighted by Crippen LogP contribution is -2.37. The summed E-state index contributed by atoms with van der Waals surface area (Å²) in [5, 5.41) is 18.5. The maximum Gasteiger partial charge on any atom is 0.277 e. The van der Waals surface area contributed by atoms with Gasteiger partial charge in [0.2, 0.25) is 0 Å². The normalized spacial score (nSPS) is 14.6. The number of phenolic OH excluding ortho intramolecular Hbond substituents is 1. The Hall–Kier alpha value is -4.20. The van der Waals surface area contributed by atoms with E-state index < -0.39 is 5.91 Å². The molecule has 3 N–H and O–H groups in total. The minimum absolute atomic E-state index is 0.0702. The molecule has 1 amide bonds. The van der Waals surface area contributed by atoms with E-state index in [-0.39, 0.29) is 18.0 Å². The fraction of sp³-hybridized carbons (Fsp3) is 0.333. The van der Waals surface area contributed by atoms with Crippen LogP contribution in [0.25, 0.3) is 22.6 Å². The van der Waals surface area contributed by atoms with Gasteiger partial charge in [-0.25, -0.2) is 20.4 Å². The number of rotatable bonds is 9. The minimum atomic E-state index is -0.729. The van der Waals surface area contributed by atoms with Crippen LogP contribution in [-0.2, 0) is 23.1 Å². The first-order chi connectivity index (χ1) is 17.9. The molecule has 1 saturated heterocycles.